The molecule has 2 atom stereocenters. The highest BCUT2D eigenvalue weighted by Crippen LogP contribution is 2.23. The van der Waals surface area contributed by atoms with Crippen molar-refractivity contribution in [3.05, 3.63) is 0 Å². The van der Waals surface area contributed by atoms with E-state index in [4.69, 9.17) is 5.73 Å². The number of carbonyl (C=O) groups is 1. The van der Waals surface area contributed by atoms with Gasteiger partial charge >= 0.3 is 5.97 Å². The van der Waals surface area contributed by atoms with E-state index in [2.05, 4.69) is 6.92 Å². The molecule has 0 aliphatic heterocycles. The SMILES string of the molecule is CCCCCCCCCCCCCCCC(O)C(N)(C(=O)O)C(C)C. The van der Waals surface area contributed by atoms with Crippen LogP contribution in [0.3, 0.4) is 0 Å². The maximum absolute atomic E-state index is 11.4. The van der Waals surface area contributed by atoms with E-state index in [0.29, 0.717) is 6.42 Å². The lowest BCUT2D eigenvalue weighted by Gasteiger charge is -2.33. The van der Waals surface area contributed by atoms with Crippen LogP contribution in [0.25, 0.3) is 0 Å². The van der Waals surface area contributed by atoms with Crippen molar-refractivity contribution in [2.24, 2.45) is 11.7 Å². The molecule has 0 spiro atoms. The van der Waals surface area contributed by atoms with Crippen molar-refractivity contribution in [3.8, 4) is 0 Å². The zero-order valence-electron chi connectivity index (χ0n) is 16.9. The second-order valence-electron chi connectivity index (χ2n) is 7.94. The first kappa shape index (κ1) is 24.4. The highest BCUT2D eigenvalue weighted by Gasteiger charge is 2.44. The Hall–Kier alpha value is -0.610. The second kappa shape index (κ2) is 14.5. The fourth-order valence-corrected chi connectivity index (χ4v) is 3.37. The summed E-state index contributed by atoms with van der Waals surface area (Å²) in [7, 11) is 0. The molecule has 0 rings (SSSR count). The van der Waals surface area contributed by atoms with Crippen LogP contribution >= 0.6 is 0 Å². The van der Waals surface area contributed by atoms with E-state index in [-0.39, 0.29) is 5.92 Å². The number of aliphatic hydroxyl groups excluding tert-OH is 1. The smallest absolute Gasteiger partial charge is 0.326 e. The molecule has 0 aliphatic rings. The van der Waals surface area contributed by atoms with Gasteiger partial charge in [0.2, 0.25) is 0 Å². The first-order valence-electron chi connectivity index (χ1n) is 10.6. The highest BCUT2D eigenvalue weighted by molar-refractivity contribution is 5.79. The molecule has 150 valence electrons. The molecule has 0 aliphatic carbocycles. The molecule has 0 bridgehead atoms. The standard InChI is InChI=1S/C21H43NO3/c1-4-5-6-7-8-9-10-11-12-13-14-15-16-17-19(23)21(22,18(2)3)20(24)25/h18-19,23H,4-17,22H2,1-3H3,(H,24,25). The van der Waals surface area contributed by atoms with Crippen molar-refractivity contribution < 1.29 is 15.0 Å². The molecule has 2 unspecified atom stereocenters. The van der Waals surface area contributed by atoms with Gasteiger partial charge in [0.05, 0.1) is 6.10 Å². The lowest BCUT2D eigenvalue weighted by molar-refractivity contribution is -0.151. The number of hydrogen-bond acceptors (Lipinski definition) is 3. The summed E-state index contributed by atoms with van der Waals surface area (Å²) in [6.45, 7) is 5.76. The normalized spacial score (nSPS) is 15.3. The summed E-state index contributed by atoms with van der Waals surface area (Å²) in [5, 5.41) is 19.5. The summed E-state index contributed by atoms with van der Waals surface area (Å²) in [6.07, 6.45) is 16.0. The third kappa shape index (κ3) is 10.2. The Kier molecular flexibility index (Phi) is 14.2. The molecule has 25 heavy (non-hydrogen) atoms. The zero-order valence-corrected chi connectivity index (χ0v) is 16.9. The number of rotatable bonds is 17. The zero-order chi connectivity index (χ0) is 19.1. The maximum atomic E-state index is 11.4. The van der Waals surface area contributed by atoms with Crippen molar-refractivity contribution >= 4 is 5.97 Å². The van der Waals surface area contributed by atoms with Gasteiger partial charge in [0, 0.05) is 0 Å². The van der Waals surface area contributed by atoms with Gasteiger partial charge in [0.15, 0.2) is 0 Å². The fraction of sp³-hybridized carbons (Fsp3) is 0.952. The van der Waals surface area contributed by atoms with Gasteiger partial charge in [0.25, 0.3) is 0 Å². The topological polar surface area (TPSA) is 83.5 Å². The van der Waals surface area contributed by atoms with Crippen molar-refractivity contribution in [3.63, 3.8) is 0 Å². The summed E-state index contributed by atoms with van der Waals surface area (Å²) in [4.78, 5) is 11.4. The van der Waals surface area contributed by atoms with Crippen molar-refractivity contribution in [2.45, 2.75) is 122 Å². The quantitative estimate of drug-likeness (QED) is 0.310. The minimum atomic E-state index is -1.53. The van der Waals surface area contributed by atoms with Gasteiger partial charge in [-0.25, -0.2) is 0 Å². The summed E-state index contributed by atoms with van der Waals surface area (Å²) < 4.78 is 0. The van der Waals surface area contributed by atoms with Crippen LogP contribution in [-0.4, -0.2) is 27.8 Å². The van der Waals surface area contributed by atoms with Gasteiger partial charge < -0.3 is 15.9 Å². The molecule has 0 radical (unpaired) electrons. The van der Waals surface area contributed by atoms with Crippen LogP contribution in [0, 0.1) is 5.92 Å². The molecule has 4 heteroatoms. The number of hydrogen-bond donors (Lipinski definition) is 3. The van der Waals surface area contributed by atoms with Gasteiger partial charge in [-0.05, 0) is 12.3 Å². The molecular formula is C21H43NO3. The number of aliphatic hydroxyl groups is 1. The molecule has 0 aromatic rings. The van der Waals surface area contributed by atoms with Crippen molar-refractivity contribution in [2.75, 3.05) is 0 Å². The van der Waals surface area contributed by atoms with E-state index in [9.17, 15) is 15.0 Å². The highest BCUT2D eigenvalue weighted by atomic mass is 16.4. The van der Waals surface area contributed by atoms with Crippen LogP contribution in [0.2, 0.25) is 0 Å². The number of carboxylic acids is 1. The first-order valence-corrected chi connectivity index (χ1v) is 10.6. The van der Waals surface area contributed by atoms with E-state index in [1.807, 2.05) is 0 Å². The van der Waals surface area contributed by atoms with Crippen LogP contribution in [0.5, 0.6) is 0 Å². The summed E-state index contributed by atoms with van der Waals surface area (Å²) in [6, 6.07) is 0. The van der Waals surface area contributed by atoms with E-state index in [0.717, 1.165) is 19.3 Å². The molecule has 0 fully saturated rings. The van der Waals surface area contributed by atoms with E-state index in [1.54, 1.807) is 13.8 Å². The molecule has 0 amide bonds. The van der Waals surface area contributed by atoms with Gasteiger partial charge in [-0.3, -0.25) is 4.79 Å². The monoisotopic (exact) mass is 357 g/mol. The van der Waals surface area contributed by atoms with E-state index in [1.165, 1.54) is 64.2 Å². The lowest BCUT2D eigenvalue weighted by Crippen LogP contribution is -2.61. The molecule has 0 aromatic carbocycles. The maximum Gasteiger partial charge on any atom is 0.326 e. The molecule has 0 saturated carbocycles. The molecule has 0 heterocycles. The second-order valence-corrected chi connectivity index (χ2v) is 7.94. The lowest BCUT2D eigenvalue weighted by atomic mass is 9.80. The Bertz CT molecular complexity index is 333. The molecule has 4 N–H and O–H groups in total. The van der Waals surface area contributed by atoms with Crippen LogP contribution in [0.4, 0.5) is 0 Å². The van der Waals surface area contributed by atoms with Gasteiger partial charge in [-0.2, -0.15) is 0 Å². The summed E-state index contributed by atoms with van der Waals surface area (Å²) in [5.41, 5.74) is 4.39. The van der Waals surface area contributed by atoms with Gasteiger partial charge in [0.1, 0.15) is 5.54 Å². The molecule has 0 aromatic heterocycles. The van der Waals surface area contributed by atoms with Gasteiger partial charge in [-0.15, -0.1) is 0 Å². The Morgan fingerprint density at radius 3 is 1.52 bits per heavy atom. The Labute approximate surface area is 155 Å². The third-order valence-corrected chi connectivity index (χ3v) is 5.46. The van der Waals surface area contributed by atoms with Gasteiger partial charge in [-0.1, -0.05) is 104 Å². The average Bonchev–Trinajstić information content (AvgIpc) is 2.57. The minimum absolute atomic E-state index is 0.290. The number of unbranched alkanes of at least 4 members (excludes halogenated alkanes) is 12. The summed E-state index contributed by atoms with van der Waals surface area (Å²) in [5.74, 6) is -1.40. The van der Waals surface area contributed by atoms with E-state index >= 15 is 0 Å². The predicted octanol–water partition coefficient (Wildman–Crippen LogP) is 5.27. The first-order chi connectivity index (χ1) is 11.9. The predicted molar refractivity (Wildman–Crippen MR) is 106 cm³/mol. The fourth-order valence-electron chi connectivity index (χ4n) is 3.37. The van der Waals surface area contributed by atoms with Crippen molar-refractivity contribution in [1.29, 1.82) is 0 Å². The van der Waals surface area contributed by atoms with Crippen LogP contribution in [0.15, 0.2) is 0 Å². The Morgan fingerprint density at radius 1 is 0.840 bits per heavy atom. The average molecular weight is 358 g/mol. The minimum Gasteiger partial charge on any atom is -0.480 e. The molecule has 0 saturated heterocycles. The van der Waals surface area contributed by atoms with Crippen LogP contribution in [0.1, 0.15) is 111 Å². The molecular weight excluding hydrogens is 314 g/mol. The van der Waals surface area contributed by atoms with E-state index < -0.39 is 17.6 Å². The Balaban J connectivity index is 3.56. The largest absolute Gasteiger partial charge is 0.480 e. The number of carboxylic acid groups (broad SMARTS) is 1. The van der Waals surface area contributed by atoms with Crippen molar-refractivity contribution in [1.82, 2.24) is 0 Å². The number of aliphatic carboxylic acids is 1. The Morgan fingerprint density at radius 2 is 1.20 bits per heavy atom. The molecule has 4 nitrogen and oxygen atoms in total. The van der Waals surface area contributed by atoms with Crippen LogP contribution < -0.4 is 5.73 Å². The third-order valence-electron chi connectivity index (χ3n) is 5.46. The number of nitrogens with two attached hydrogens (primary N) is 1. The van der Waals surface area contributed by atoms with Crippen LogP contribution in [-0.2, 0) is 4.79 Å². The summed E-state index contributed by atoms with van der Waals surface area (Å²) >= 11 is 0.